The third-order valence-corrected chi connectivity index (χ3v) is 4.69. The minimum absolute atomic E-state index is 0.00255. The van der Waals surface area contributed by atoms with Gasteiger partial charge in [-0.3, -0.25) is 14.6 Å². The lowest BCUT2D eigenvalue weighted by molar-refractivity contribution is -0.140. The molecule has 2 aromatic rings. The smallest absolute Gasteiger partial charge is 0.295 e. The number of nitrogens with zero attached hydrogens (tertiary/aromatic N) is 2. The lowest BCUT2D eigenvalue weighted by Gasteiger charge is -2.25. The molecule has 29 heavy (non-hydrogen) atoms. The van der Waals surface area contributed by atoms with Gasteiger partial charge < -0.3 is 19.5 Å². The number of rotatable bonds is 7. The summed E-state index contributed by atoms with van der Waals surface area (Å²) in [5.41, 5.74) is 0.991. The molecule has 1 aliphatic rings. The Morgan fingerprint density at radius 2 is 1.97 bits per heavy atom. The van der Waals surface area contributed by atoms with Gasteiger partial charge in [-0.25, -0.2) is 0 Å². The van der Waals surface area contributed by atoms with Crippen molar-refractivity contribution in [1.82, 2.24) is 9.88 Å². The topological polar surface area (TPSA) is 89.0 Å². The molecule has 7 nitrogen and oxygen atoms in total. The molecule has 0 bridgehead atoms. The number of aliphatic hydroxyl groups excluding tert-OH is 1. The molecular formula is C22H24N2O5. The van der Waals surface area contributed by atoms with E-state index in [0.717, 1.165) is 0 Å². The summed E-state index contributed by atoms with van der Waals surface area (Å²) in [5, 5.41) is 11.0. The molecule has 1 unspecified atom stereocenters. The zero-order valence-electron chi connectivity index (χ0n) is 16.7. The molecule has 0 spiro atoms. The fourth-order valence-corrected chi connectivity index (χ4v) is 3.37. The molecule has 152 valence electrons. The average Bonchev–Trinajstić information content (AvgIpc) is 2.98. The van der Waals surface area contributed by atoms with Gasteiger partial charge in [0, 0.05) is 18.9 Å². The van der Waals surface area contributed by atoms with Crippen molar-refractivity contribution in [3.05, 3.63) is 65.5 Å². The third kappa shape index (κ3) is 4.14. The van der Waals surface area contributed by atoms with Crippen LogP contribution in [0.1, 0.15) is 31.0 Å². The van der Waals surface area contributed by atoms with E-state index < -0.39 is 17.7 Å². The lowest BCUT2D eigenvalue weighted by Crippen LogP contribution is -2.33. The van der Waals surface area contributed by atoms with Crippen molar-refractivity contribution in [3.8, 4) is 5.75 Å². The Balaban J connectivity index is 2.11. The number of aliphatic hydroxyl groups is 1. The lowest BCUT2D eigenvalue weighted by atomic mass is 9.96. The number of pyridine rings is 1. The van der Waals surface area contributed by atoms with Gasteiger partial charge >= 0.3 is 0 Å². The Kier molecular flexibility index (Phi) is 6.29. The van der Waals surface area contributed by atoms with E-state index >= 15 is 0 Å². The van der Waals surface area contributed by atoms with Crippen molar-refractivity contribution in [3.63, 3.8) is 0 Å². The first kappa shape index (κ1) is 20.5. The van der Waals surface area contributed by atoms with Crippen LogP contribution in [-0.2, 0) is 14.3 Å². The molecule has 1 fully saturated rings. The Bertz CT molecular complexity index is 924. The van der Waals surface area contributed by atoms with Gasteiger partial charge in [0.05, 0.1) is 37.0 Å². The first-order valence-electron chi connectivity index (χ1n) is 9.39. The number of likely N-dealkylation sites (tertiary alicyclic amines) is 1. The van der Waals surface area contributed by atoms with Crippen LogP contribution in [0.2, 0.25) is 0 Å². The number of ketones is 1. The van der Waals surface area contributed by atoms with Crippen LogP contribution in [0.3, 0.4) is 0 Å². The molecular weight excluding hydrogens is 372 g/mol. The second-order valence-corrected chi connectivity index (χ2v) is 6.90. The number of hydrogen-bond donors (Lipinski definition) is 1. The van der Waals surface area contributed by atoms with E-state index in [1.54, 1.807) is 48.8 Å². The zero-order chi connectivity index (χ0) is 21.0. The summed E-state index contributed by atoms with van der Waals surface area (Å²) in [7, 11) is 1.48. The van der Waals surface area contributed by atoms with E-state index in [1.807, 2.05) is 13.8 Å². The summed E-state index contributed by atoms with van der Waals surface area (Å²) in [6.07, 6.45) is 3.19. The number of Topliss-reactive ketones (excluding diaryl/α,β-unsaturated/α-hetero) is 1. The predicted octanol–water partition coefficient (Wildman–Crippen LogP) is 2.94. The third-order valence-electron chi connectivity index (χ3n) is 4.69. The van der Waals surface area contributed by atoms with Gasteiger partial charge in [0.25, 0.3) is 11.7 Å². The van der Waals surface area contributed by atoms with Crippen LogP contribution in [0.4, 0.5) is 0 Å². The summed E-state index contributed by atoms with van der Waals surface area (Å²) in [5.74, 6) is -1.29. The van der Waals surface area contributed by atoms with E-state index in [9.17, 15) is 14.7 Å². The fraction of sp³-hybridized carbons (Fsp3) is 0.318. The second-order valence-electron chi connectivity index (χ2n) is 6.90. The second kappa shape index (κ2) is 8.87. The number of aromatic nitrogens is 1. The van der Waals surface area contributed by atoms with Crippen LogP contribution in [-0.4, -0.2) is 53.0 Å². The molecule has 0 radical (unpaired) electrons. The van der Waals surface area contributed by atoms with E-state index in [0.29, 0.717) is 16.9 Å². The molecule has 0 saturated carbocycles. The molecule has 0 aliphatic carbocycles. The minimum atomic E-state index is -0.760. The van der Waals surface area contributed by atoms with Crippen molar-refractivity contribution < 1.29 is 24.2 Å². The van der Waals surface area contributed by atoms with Crippen LogP contribution in [0.25, 0.3) is 5.76 Å². The number of carbonyl (C=O) groups excluding carboxylic acids is 2. The van der Waals surface area contributed by atoms with Crippen molar-refractivity contribution in [2.24, 2.45) is 0 Å². The number of methoxy groups -OCH3 is 1. The maximum absolute atomic E-state index is 12.9. The van der Waals surface area contributed by atoms with Crippen molar-refractivity contribution in [2.45, 2.75) is 26.0 Å². The highest BCUT2D eigenvalue weighted by atomic mass is 16.5. The van der Waals surface area contributed by atoms with Gasteiger partial charge in [0.2, 0.25) is 0 Å². The molecule has 3 rings (SSSR count). The van der Waals surface area contributed by atoms with Crippen LogP contribution < -0.4 is 4.74 Å². The average molecular weight is 396 g/mol. The first-order valence-corrected chi connectivity index (χ1v) is 9.39. The monoisotopic (exact) mass is 396 g/mol. The van der Waals surface area contributed by atoms with E-state index in [4.69, 9.17) is 9.47 Å². The summed E-state index contributed by atoms with van der Waals surface area (Å²) in [6.45, 7) is 4.28. The number of carbonyl (C=O) groups is 2. The van der Waals surface area contributed by atoms with Crippen molar-refractivity contribution in [2.75, 3.05) is 20.3 Å². The Morgan fingerprint density at radius 3 is 2.62 bits per heavy atom. The van der Waals surface area contributed by atoms with Crippen LogP contribution in [0.15, 0.2) is 54.4 Å². The molecule has 1 N–H and O–H groups in total. The SMILES string of the molecule is COc1ccccc1/C(O)=C1/C(=O)C(=O)N(CCOC(C)C)C1c1cccnc1. The van der Waals surface area contributed by atoms with E-state index in [2.05, 4.69) is 4.98 Å². The van der Waals surface area contributed by atoms with E-state index in [-0.39, 0.29) is 30.6 Å². The standard InChI is InChI=1S/C22H24N2O5/c1-14(2)29-12-11-24-19(15-7-6-10-23-13-15)18(21(26)22(24)27)20(25)16-8-4-5-9-17(16)28-3/h4-10,13-14,19,25H,11-12H2,1-3H3/b20-18-. The van der Waals surface area contributed by atoms with Crippen LogP contribution in [0, 0.1) is 0 Å². The molecule has 1 atom stereocenters. The molecule has 7 heteroatoms. The Morgan fingerprint density at radius 1 is 1.21 bits per heavy atom. The highest BCUT2D eigenvalue weighted by molar-refractivity contribution is 6.46. The molecule has 1 aromatic heterocycles. The first-order chi connectivity index (χ1) is 14.0. The molecule has 2 heterocycles. The zero-order valence-corrected chi connectivity index (χ0v) is 16.7. The normalized spacial score (nSPS) is 18.5. The van der Waals surface area contributed by atoms with Crippen molar-refractivity contribution in [1.29, 1.82) is 0 Å². The van der Waals surface area contributed by atoms with Gasteiger partial charge in [0.15, 0.2) is 0 Å². The number of hydrogen-bond acceptors (Lipinski definition) is 6. The number of benzene rings is 1. The van der Waals surface area contributed by atoms with Crippen LogP contribution >= 0.6 is 0 Å². The van der Waals surface area contributed by atoms with Gasteiger partial charge in [-0.05, 0) is 37.6 Å². The highest BCUT2D eigenvalue weighted by Crippen LogP contribution is 2.40. The van der Waals surface area contributed by atoms with Crippen LogP contribution in [0.5, 0.6) is 5.75 Å². The Labute approximate surface area is 169 Å². The number of para-hydroxylation sites is 1. The van der Waals surface area contributed by atoms with Gasteiger partial charge in [-0.2, -0.15) is 0 Å². The van der Waals surface area contributed by atoms with Gasteiger partial charge in [-0.1, -0.05) is 18.2 Å². The quantitative estimate of drug-likeness (QED) is 0.440. The van der Waals surface area contributed by atoms with Gasteiger partial charge in [-0.15, -0.1) is 0 Å². The predicted molar refractivity (Wildman–Crippen MR) is 107 cm³/mol. The molecule has 1 saturated heterocycles. The molecule has 1 aliphatic heterocycles. The summed E-state index contributed by atoms with van der Waals surface area (Å²) in [4.78, 5) is 31.2. The molecule has 1 aromatic carbocycles. The van der Waals surface area contributed by atoms with E-state index in [1.165, 1.54) is 12.0 Å². The Hall–Kier alpha value is -3.19. The minimum Gasteiger partial charge on any atom is -0.507 e. The molecule has 1 amide bonds. The number of amides is 1. The highest BCUT2D eigenvalue weighted by Gasteiger charge is 2.46. The van der Waals surface area contributed by atoms with Gasteiger partial charge in [0.1, 0.15) is 11.5 Å². The summed E-state index contributed by atoms with van der Waals surface area (Å²) >= 11 is 0. The summed E-state index contributed by atoms with van der Waals surface area (Å²) < 4.78 is 10.9. The maximum atomic E-state index is 12.9. The van der Waals surface area contributed by atoms with Crippen molar-refractivity contribution >= 4 is 17.4 Å². The maximum Gasteiger partial charge on any atom is 0.295 e. The number of ether oxygens (including phenoxy) is 2. The fourth-order valence-electron chi connectivity index (χ4n) is 3.37. The summed E-state index contributed by atoms with van der Waals surface area (Å²) in [6, 6.07) is 9.55. The largest absolute Gasteiger partial charge is 0.507 e.